The number of aromatic nitrogens is 2. The van der Waals surface area contributed by atoms with Gasteiger partial charge in [-0.1, -0.05) is 6.07 Å². The van der Waals surface area contributed by atoms with Gasteiger partial charge in [-0.3, -0.25) is 19.6 Å². The fourth-order valence-corrected chi connectivity index (χ4v) is 2.42. The molecule has 2 amide bonds. The van der Waals surface area contributed by atoms with Crippen molar-refractivity contribution < 1.29 is 9.59 Å². The second-order valence-corrected chi connectivity index (χ2v) is 4.33. The summed E-state index contributed by atoms with van der Waals surface area (Å²) in [6.45, 7) is 0. The number of carbonyl (C=O) groups excluding carboxylic acids is 2. The average molecular weight is 244 g/mol. The van der Waals surface area contributed by atoms with Crippen LogP contribution in [0.3, 0.4) is 0 Å². The molecule has 1 aromatic heterocycles. The summed E-state index contributed by atoms with van der Waals surface area (Å²) in [6.07, 6.45) is 2.47. The zero-order valence-electron chi connectivity index (χ0n) is 9.59. The van der Waals surface area contributed by atoms with Crippen molar-refractivity contribution in [2.45, 2.75) is 18.9 Å². The highest BCUT2D eigenvalue weighted by atomic mass is 16.2. The molecule has 0 bridgehead atoms. The first-order chi connectivity index (χ1) is 8.68. The van der Waals surface area contributed by atoms with E-state index in [1.165, 1.54) is 4.90 Å². The Kier molecular flexibility index (Phi) is 2.29. The molecule has 3 N–H and O–H groups in total. The van der Waals surface area contributed by atoms with Gasteiger partial charge in [0.25, 0.3) is 0 Å². The molecule has 1 aromatic carbocycles. The summed E-state index contributed by atoms with van der Waals surface area (Å²) in [5.74, 6) is -0.547. The second kappa shape index (κ2) is 3.83. The number of nitrogens with two attached hydrogens (primary N) is 1. The highest BCUT2D eigenvalue weighted by molar-refractivity contribution is 6.08. The van der Waals surface area contributed by atoms with Crippen LogP contribution in [-0.4, -0.2) is 28.1 Å². The van der Waals surface area contributed by atoms with Crippen LogP contribution in [0.4, 0.5) is 5.69 Å². The first kappa shape index (κ1) is 10.8. The molecule has 6 heteroatoms. The van der Waals surface area contributed by atoms with E-state index in [4.69, 9.17) is 5.73 Å². The number of amides is 2. The highest BCUT2D eigenvalue weighted by Gasteiger charge is 2.36. The van der Waals surface area contributed by atoms with Crippen LogP contribution in [0.2, 0.25) is 0 Å². The number of nitrogens with zero attached hydrogens (tertiary/aromatic N) is 2. The molecule has 6 nitrogen and oxygen atoms in total. The molecule has 3 rings (SSSR count). The van der Waals surface area contributed by atoms with Crippen LogP contribution in [0.25, 0.3) is 10.9 Å². The lowest BCUT2D eigenvalue weighted by Crippen LogP contribution is -2.42. The van der Waals surface area contributed by atoms with E-state index in [1.54, 1.807) is 12.3 Å². The predicted molar refractivity (Wildman–Crippen MR) is 65.8 cm³/mol. The van der Waals surface area contributed by atoms with Crippen LogP contribution in [0.15, 0.2) is 24.4 Å². The molecule has 1 aliphatic rings. The van der Waals surface area contributed by atoms with E-state index < -0.39 is 11.9 Å². The Labute approximate surface area is 103 Å². The molecule has 1 fully saturated rings. The number of hydrogen-bond acceptors (Lipinski definition) is 3. The van der Waals surface area contributed by atoms with E-state index in [0.717, 1.165) is 10.9 Å². The van der Waals surface area contributed by atoms with E-state index in [9.17, 15) is 9.59 Å². The molecule has 2 heterocycles. The fourth-order valence-electron chi connectivity index (χ4n) is 2.42. The molecule has 1 atom stereocenters. The van der Waals surface area contributed by atoms with Crippen LogP contribution < -0.4 is 10.6 Å². The Balaban J connectivity index is 2.15. The van der Waals surface area contributed by atoms with Gasteiger partial charge in [-0.05, 0) is 18.6 Å². The number of benzene rings is 1. The Morgan fingerprint density at radius 1 is 1.50 bits per heavy atom. The van der Waals surface area contributed by atoms with E-state index in [2.05, 4.69) is 10.2 Å². The zero-order chi connectivity index (χ0) is 12.7. The normalized spacial score (nSPS) is 19.7. The highest BCUT2D eigenvalue weighted by Crippen LogP contribution is 2.31. The third-order valence-corrected chi connectivity index (χ3v) is 3.26. The number of fused-ring (bicyclic) bond motifs is 1. The number of carbonyl (C=O) groups is 2. The van der Waals surface area contributed by atoms with Gasteiger partial charge in [-0.25, -0.2) is 0 Å². The molecule has 2 aromatic rings. The van der Waals surface area contributed by atoms with E-state index in [-0.39, 0.29) is 5.91 Å². The Morgan fingerprint density at radius 3 is 3.11 bits per heavy atom. The summed E-state index contributed by atoms with van der Waals surface area (Å²) in [7, 11) is 0. The molecule has 0 saturated carbocycles. The number of anilines is 1. The lowest BCUT2D eigenvalue weighted by atomic mass is 10.1. The molecule has 1 saturated heterocycles. The van der Waals surface area contributed by atoms with Gasteiger partial charge in [0.1, 0.15) is 6.04 Å². The largest absolute Gasteiger partial charge is 0.368 e. The number of nitrogens with one attached hydrogen (secondary N) is 1. The summed E-state index contributed by atoms with van der Waals surface area (Å²) in [5, 5.41) is 7.61. The number of primary amides is 1. The van der Waals surface area contributed by atoms with Gasteiger partial charge >= 0.3 is 0 Å². The average Bonchev–Trinajstić information content (AvgIpc) is 2.94. The van der Waals surface area contributed by atoms with Crippen molar-refractivity contribution in [1.29, 1.82) is 0 Å². The van der Waals surface area contributed by atoms with Crippen molar-refractivity contribution in [3.63, 3.8) is 0 Å². The van der Waals surface area contributed by atoms with Crippen LogP contribution in [-0.2, 0) is 9.59 Å². The third-order valence-electron chi connectivity index (χ3n) is 3.26. The number of hydrogen-bond donors (Lipinski definition) is 2. The number of aromatic amines is 1. The Hall–Kier alpha value is -2.37. The third kappa shape index (κ3) is 1.46. The van der Waals surface area contributed by atoms with Crippen molar-refractivity contribution in [2.24, 2.45) is 5.73 Å². The molecular weight excluding hydrogens is 232 g/mol. The van der Waals surface area contributed by atoms with Gasteiger partial charge in [-0.2, -0.15) is 5.10 Å². The van der Waals surface area contributed by atoms with Gasteiger partial charge < -0.3 is 5.73 Å². The minimum atomic E-state index is -0.557. The predicted octanol–water partition coefficient (Wildman–Crippen LogP) is 0.544. The van der Waals surface area contributed by atoms with Gasteiger partial charge in [0.05, 0.1) is 17.4 Å². The van der Waals surface area contributed by atoms with Gasteiger partial charge in [-0.15, -0.1) is 0 Å². The van der Waals surface area contributed by atoms with Crippen LogP contribution in [0.5, 0.6) is 0 Å². The standard InChI is InChI=1S/C12H12N4O2/c13-12(18)10-4-5-11(17)16(10)9-3-1-2-8-7(9)6-14-15-8/h1-3,6,10H,4-5H2,(H2,13,18)(H,14,15). The maximum Gasteiger partial charge on any atom is 0.240 e. The minimum absolute atomic E-state index is 0.0764. The maximum absolute atomic E-state index is 11.9. The summed E-state index contributed by atoms with van der Waals surface area (Å²) >= 11 is 0. The first-order valence-electron chi connectivity index (χ1n) is 5.72. The molecule has 1 aliphatic heterocycles. The molecule has 1 unspecified atom stereocenters. The number of rotatable bonds is 2. The Bertz CT molecular complexity index is 634. The summed E-state index contributed by atoms with van der Waals surface area (Å²) in [4.78, 5) is 24.8. The SMILES string of the molecule is NC(=O)C1CCC(=O)N1c1cccc2[nH]ncc12. The van der Waals surface area contributed by atoms with Crippen molar-refractivity contribution in [1.82, 2.24) is 10.2 Å². The topological polar surface area (TPSA) is 92.1 Å². The summed E-state index contributed by atoms with van der Waals surface area (Å²) < 4.78 is 0. The smallest absolute Gasteiger partial charge is 0.240 e. The second-order valence-electron chi connectivity index (χ2n) is 4.33. The minimum Gasteiger partial charge on any atom is -0.368 e. The zero-order valence-corrected chi connectivity index (χ0v) is 9.59. The molecule has 0 aliphatic carbocycles. The van der Waals surface area contributed by atoms with E-state index in [1.807, 2.05) is 12.1 Å². The van der Waals surface area contributed by atoms with E-state index in [0.29, 0.717) is 18.5 Å². The molecule has 0 radical (unpaired) electrons. The lowest BCUT2D eigenvalue weighted by molar-refractivity contribution is -0.121. The fraction of sp³-hybridized carbons (Fsp3) is 0.250. The summed E-state index contributed by atoms with van der Waals surface area (Å²) in [6, 6.07) is 4.93. The van der Waals surface area contributed by atoms with Gasteiger partial charge in [0, 0.05) is 11.8 Å². The summed E-state index contributed by atoms with van der Waals surface area (Å²) in [5.41, 5.74) is 6.87. The van der Waals surface area contributed by atoms with E-state index >= 15 is 0 Å². The monoisotopic (exact) mass is 244 g/mol. The van der Waals surface area contributed by atoms with Crippen molar-refractivity contribution >= 4 is 28.4 Å². The maximum atomic E-state index is 11.9. The molecule has 18 heavy (non-hydrogen) atoms. The Morgan fingerprint density at radius 2 is 2.33 bits per heavy atom. The van der Waals surface area contributed by atoms with Crippen LogP contribution >= 0.6 is 0 Å². The molecular formula is C12H12N4O2. The van der Waals surface area contributed by atoms with Crippen molar-refractivity contribution in [3.05, 3.63) is 24.4 Å². The quantitative estimate of drug-likeness (QED) is 0.807. The number of H-pyrrole nitrogens is 1. The molecule has 92 valence electrons. The van der Waals surface area contributed by atoms with Crippen LogP contribution in [0.1, 0.15) is 12.8 Å². The van der Waals surface area contributed by atoms with Crippen molar-refractivity contribution in [3.8, 4) is 0 Å². The van der Waals surface area contributed by atoms with Crippen LogP contribution in [0, 0.1) is 0 Å². The van der Waals surface area contributed by atoms with Crippen molar-refractivity contribution in [2.75, 3.05) is 4.90 Å². The van der Waals surface area contributed by atoms with Gasteiger partial charge in [0.2, 0.25) is 11.8 Å². The lowest BCUT2D eigenvalue weighted by Gasteiger charge is -2.22. The first-order valence-corrected chi connectivity index (χ1v) is 5.72. The molecule has 0 spiro atoms. The van der Waals surface area contributed by atoms with Gasteiger partial charge in [0.15, 0.2) is 0 Å².